The van der Waals surface area contributed by atoms with E-state index in [0.29, 0.717) is 40.3 Å². The number of pyridine rings is 1. The highest BCUT2D eigenvalue weighted by atomic mass is 16.5. The molecular formula is C23H26N2O5. The van der Waals surface area contributed by atoms with Crippen molar-refractivity contribution in [2.45, 2.75) is 40.3 Å². The Bertz CT molecular complexity index is 1150. The molecule has 7 nitrogen and oxygen atoms in total. The highest BCUT2D eigenvalue weighted by Gasteiger charge is 2.22. The third kappa shape index (κ3) is 4.30. The molecule has 30 heavy (non-hydrogen) atoms. The van der Waals surface area contributed by atoms with Crippen LogP contribution < -0.4 is 15.1 Å². The van der Waals surface area contributed by atoms with E-state index in [1.807, 2.05) is 19.9 Å². The number of aromatic nitrogens is 1. The number of likely N-dealkylation sites (N-methyl/N-ethyl adjacent to an activating group) is 1. The Morgan fingerprint density at radius 1 is 1.20 bits per heavy atom. The van der Waals surface area contributed by atoms with Crippen LogP contribution in [0, 0.1) is 20.8 Å². The predicted molar refractivity (Wildman–Crippen MR) is 114 cm³/mol. The minimum absolute atomic E-state index is 0.193. The summed E-state index contributed by atoms with van der Waals surface area (Å²) in [5.74, 6) is 1.01. The summed E-state index contributed by atoms with van der Waals surface area (Å²) in [4.78, 5) is 30.8. The SMILES string of the molecule is COc1ccnc(CN(C)C(=O)C(C)Oc2cc(C)cc3oc(=O)c(C)c(C)c23)c1. The number of amides is 1. The lowest BCUT2D eigenvalue weighted by molar-refractivity contribution is -0.137. The molecule has 0 bridgehead atoms. The van der Waals surface area contributed by atoms with Crippen LogP contribution in [0.5, 0.6) is 11.5 Å². The lowest BCUT2D eigenvalue weighted by Crippen LogP contribution is -2.37. The quantitative estimate of drug-likeness (QED) is 0.578. The number of fused-ring (bicyclic) bond motifs is 1. The summed E-state index contributed by atoms with van der Waals surface area (Å²) in [6.07, 6.45) is 0.904. The van der Waals surface area contributed by atoms with Crippen LogP contribution in [0.3, 0.4) is 0 Å². The molecule has 0 fully saturated rings. The number of carbonyl (C=O) groups excluding carboxylic acids is 1. The van der Waals surface area contributed by atoms with Gasteiger partial charge in [0.15, 0.2) is 6.10 Å². The molecule has 0 saturated heterocycles. The molecule has 3 aromatic rings. The molecule has 1 aromatic carbocycles. The molecule has 0 aliphatic heterocycles. The maximum Gasteiger partial charge on any atom is 0.339 e. The molecule has 0 saturated carbocycles. The van der Waals surface area contributed by atoms with Crippen LogP contribution in [-0.4, -0.2) is 36.1 Å². The van der Waals surface area contributed by atoms with Crippen LogP contribution in [0.2, 0.25) is 0 Å². The predicted octanol–water partition coefficient (Wildman–Crippen LogP) is 3.55. The van der Waals surface area contributed by atoms with Crippen LogP contribution in [0.15, 0.2) is 39.7 Å². The van der Waals surface area contributed by atoms with Crippen molar-refractivity contribution in [1.82, 2.24) is 9.88 Å². The maximum absolute atomic E-state index is 12.9. The fraction of sp³-hybridized carbons (Fsp3) is 0.348. The van der Waals surface area contributed by atoms with E-state index in [1.54, 1.807) is 57.3 Å². The Morgan fingerprint density at radius 2 is 1.93 bits per heavy atom. The number of hydrogen-bond donors (Lipinski definition) is 0. The summed E-state index contributed by atoms with van der Waals surface area (Å²) < 4.78 is 16.7. The fourth-order valence-electron chi connectivity index (χ4n) is 3.32. The highest BCUT2D eigenvalue weighted by molar-refractivity contribution is 5.89. The summed E-state index contributed by atoms with van der Waals surface area (Å²) in [5, 5.41) is 0.703. The topological polar surface area (TPSA) is 81.9 Å². The van der Waals surface area contributed by atoms with Crippen LogP contribution in [0.4, 0.5) is 0 Å². The van der Waals surface area contributed by atoms with Crippen molar-refractivity contribution in [3.63, 3.8) is 0 Å². The van der Waals surface area contributed by atoms with E-state index >= 15 is 0 Å². The second kappa shape index (κ2) is 8.57. The van der Waals surface area contributed by atoms with Gasteiger partial charge in [0.05, 0.1) is 24.7 Å². The summed E-state index contributed by atoms with van der Waals surface area (Å²) in [6.45, 7) is 7.48. The molecule has 2 aromatic heterocycles. The molecule has 1 amide bonds. The van der Waals surface area contributed by atoms with Gasteiger partial charge in [0, 0.05) is 24.9 Å². The molecule has 158 valence electrons. The van der Waals surface area contributed by atoms with Gasteiger partial charge < -0.3 is 18.8 Å². The Morgan fingerprint density at radius 3 is 2.63 bits per heavy atom. The normalized spacial score (nSPS) is 11.9. The van der Waals surface area contributed by atoms with Crippen molar-refractivity contribution in [3.8, 4) is 11.5 Å². The first-order valence-corrected chi connectivity index (χ1v) is 9.66. The molecule has 3 rings (SSSR count). The Kier molecular flexibility index (Phi) is 6.10. The number of methoxy groups -OCH3 is 1. The first-order valence-electron chi connectivity index (χ1n) is 9.66. The number of benzene rings is 1. The van der Waals surface area contributed by atoms with Gasteiger partial charge in [-0.1, -0.05) is 0 Å². The van der Waals surface area contributed by atoms with Gasteiger partial charge >= 0.3 is 5.63 Å². The minimum Gasteiger partial charge on any atom is -0.497 e. The van der Waals surface area contributed by atoms with Crippen LogP contribution in [0.25, 0.3) is 11.0 Å². The monoisotopic (exact) mass is 410 g/mol. The Balaban J connectivity index is 1.85. The number of carbonyl (C=O) groups is 1. The molecule has 2 heterocycles. The van der Waals surface area contributed by atoms with Gasteiger partial charge in [-0.3, -0.25) is 9.78 Å². The molecule has 0 N–H and O–H groups in total. The molecular weight excluding hydrogens is 384 g/mol. The zero-order valence-electron chi connectivity index (χ0n) is 18.1. The van der Waals surface area contributed by atoms with Gasteiger partial charge in [0.2, 0.25) is 0 Å². The summed E-state index contributed by atoms with van der Waals surface area (Å²) in [7, 11) is 3.29. The lowest BCUT2D eigenvalue weighted by Gasteiger charge is -2.23. The zero-order valence-corrected chi connectivity index (χ0v) is 18.1. The lowest BCUT2D eigenvalue weighted by atomic mass is 10.0. The standard InChI is InChI=1S/C23H26N2O5/c1-13-9-19(21-14(2)15(3)23(27)30-20(21)10-13)29-16(4)22(26)25(5)12-17-11-18(28-6)7-8-24-17/h7-11,16H,12H2,1-6H3. The van der Waals surface area contributed by atoms with Crippen LogP contribution in [0.1, 0.15) is 29.3 Å². The largest absolute Gasteiger partial charge is 0.497 e. The van der Waals surface area contributed by atoms with E-state index in [0.717, 1.165) is 11.1 Å². The van der Waals surface area contributed by atoms with Crippen molar-refractivity contribution < 1.29 is 18.7 Å². The number of rotatable bonds is 6. The van der Waals surface area contributed by atoms with Gasteiger partial charge in [0.25, 0.3) is 5.91 Å². The smallest absolute Gasteiger partial charge is 0.339 e. The molecule has 0 radical (unpaired) electrons. The molecule has 0 aliphatic carbocycles. The van der Waals surface area contributed by atoms with Gasteiger partial charge in [-0.2, -0.15) is 0 Å². The Labute approximate surface area is 175 Å². The van der Waals surface area contributed by atoms with E-state index in [1.165, 1.54) is 0 Å². The van der Waals surface area contributed by atoms with Crippen molar-refractivity contribution in [1.29, 1.82) is 0 Å². The van der Waals surface area contributed by atoms with Gasteiger partial charge in [-0.05, 0) is 57.0 Å². The third-order valence-corrected chi connectivity index (χ3v) is 5.11. The van der Waals surface area contributed by atoms with Crippen molar-refractivity contribution in [3.05, 3.63) is 63.3 Å². The second-order valence-corrected chi connectivity index (χ2v) is 7.42. The van der Waals surface area contributed by atoms with Gasteiger partial charge in [-0.25, -0.2) is 4.79 Å². The van der Waals surface area contributed by atoms with Crippen molar-refractivity contribution in [2.75, 3.05) is 14.2 Å². The molecule has 1 unspecified atom stereocenters. The Hall–Kier alpha value is -3.35. The molecule has 0 spiro atoms. The molecule has 1 atom stereocenters. The minimum atomic E-state index is -0.739. The van der Waals surface area contributed by atoms with Gasteiger partial charge in [-0.15, -0.1) is 0 Å². The fourth-order valence-corrected chi connectivity index (χ4v) is 3.32. The van der Waals surface area contributed by atoms with Crippen molar-refractivity contribution in [2.24, 2.45) is 0 Å². The van der Waals surface area contributed by atoms with E-state index in [4.69, 9.17) is 13.9 Å². The summed E-state index contributed by atoms with van der Waals surface area (Å²) in [5.41, 5.74) is 2.98. The highest BCUT2D eigenvalue weighted by Crippen LogP contribution is 2.31. The third-order valence-electron chi connectivity index (χ3n) is 5.11. The van der Waals surface area contributed by atoms with Gasteiger partial charge in [0.1, 0.15) is 17.1 Å². The number of hydrogen-bond acceptors (Lipinski definition) is 6. The average Bonchev–Trinajstić information content (AvgIpc) is 2.71. The van der Waals surface area contributed by atoms with E-state index in [2.05, 4.69) is 4.98 Å². The second-order valence-electron chi connectivity index (χ2n) is 7.42. The van der Waals surface area contributed by atoms with Crippen LogP contribution in [-0.2, 0) is 11.3 Å². The summed E-state index contributed by atoms with van der Waals surface area (Å²) in [6, 6.07) is 7.19. The van der Waals surface area contributed by atoms with Crippen LogP contribution >= 0.6 is 0 Å². The number of nitrogens with zero attached hydrogens (tertiary/aromatic N) is 2. The molecule has 0 aliphatic rings. The molecule has 7 heteroatoms. The van der Waals surface area contributed by atoms with Crippen molar-refractivity contribution >= 4 is 16.9 Å². The first kappa shape index (κ1) is 21.4. The average molecular weight is 410 g/mol. The number of aryl methyl sites for hydroxylation is 2. The van der Waals surface area contributed by atoms with E-state index in [9.17, 15) is 9.59 Å². The van der Waals surface area contributed by atoms with E-state index in [-0.39, 0.29) is 11.5 Å². The van der Waals surface area contributed by atoms with E-state index < -0.39 is 6.10 Å². The first-order chi connectivity index (χ1) is 14.2. The zero-order chi connectivity index (χ0) is 22.0. The number of ether oxygens (including phenoxy) is 2. The maximum atomic E-state index is 12.9. The summed E-state index contributed by atoms with van der Waals surface area (Å²) >= 11 is 0.